The van der Waals surface area contributed by atoms with Crippen LogP contribution in [-0.4, -0.2) is 65.0 Å². The second-order valence-electron chi connectivity index (χ2n) is 8.21. The number of carbonyl (C=O) groups is 1. The number of aliphatic hydroxyl groups is 1. The molecule has 200 valence electrons. The van der Waals surface area contributed by atoms with Crippen LogP contribution in [0.4, 0.5) is 0 Å². The standard InChI is InChI=1S/C14H24N3O14P3S/c1-14(2,3)12(20)16-9-10(19)7(29-11(9)17-5-4-8(18)15-13(17)35)6-28-33(24,25)31-34(26,27)30-32(21,22)23/h4-5,7,9-11,19H,6H2,1-3H3,(H,16,20)(H,24,25)(H,26,27)(H,15,18,35)(H2,21,22,23)/t7-,9-,10-,11-/m1/s1. The smallest absolute Gasteiger partial charge is 0.388 e. The summed E-state index contributed by atoms with van der Waals surface area (Å²) in [6.45, 7) is 3.81. The first kappa shape index (κ1) is 30.1. The van der Waals surface area contributed by atoms with E-state index in [4.69, 9.17) is 26.7 Å². The van der Waals surface area contributed by atoms with Gasteiger partial charge in [-0.1, -0.05) is 20.8 Å². The Kier molecular flexibility index (Phi) is 9.22. The number of phosphoric ester groups is 1. The monoisotopic (exact) mass is 583 g/mol. The molecule has 0 spiro atoms. The number of nitrogens with zero attached hydrogens (tertiary/aromatic N) is 1. The maximum absolute atomic E-state index is 12.5. The third-order valence-electron chi connectivity index (χ3n) is 4.29. The highest BCUT2D eigenvalue weighted by Gasteiger charge is 2.48. The van der Waals surface area contributed by atoms with E-state index >= 15 is 0 Å². The molecule has 0 aliphatic carbocycles. The number of carbonyl (C=O) groups excluding carboxylic acids is 1. The number of nitrogens with one attached hydrogen (secondary N) is 2. The minimum absolute atomic E-state index is 0.141. The highest BCUT2D eigenvalue weighted by Crippen LogP contribution is 2.66. The van der Waals surface area contributed by atoms with Crippen molar-refractivity contribution in [3.05, 3.63) is 27.4 Å². The van der Waals surface area contributed by atoms with E-state index in [-0.39, 0.29) is 4.77 Å². The summed E-state index contributed by atoms with van der Waals surface area (Å²) in [5, 5.41) is 13.3. The number of rotatable bonds is 9. The number of aliphatic hydroxyl groups excluding tert-OH is 1. The number of ether oxygens (including phenoxy) is 1. The minimum Gasteiger partial charge on any atom is -0.388 e. The van der Waals surface area contributed by atoms with Crippen LogP contribution in [0.2, 0.25) is 0 Å². The molecule has 2 rings (SSSR count). The van der Waals surface area contributed by atoms with E-state index in [1.54, 1.807) is 20.8 Å². The summed E-state index contributed by atoms with van der Waals surface area (Å²) in [4.78, 5) is 62.4. The number of phosphoric acid groups is 3. The van der Waals surface area contributed by atoms with E-state index in [1.807, 2.05) is 0 Å². The maximum atomic E-state index is 12.5. The number of aromatic nitrogens is 2. The fourth-order valence-corrected chi connectivity index (χ4v) is 6.04. The first-order valence-corrected chi connectivity index (χ1v) is 14.4. The normalized spacial score (nSPS) is 26.6. The summed E-state index contributed by atoms with van der Waals surface area (Å²) in [6.07, 6.45) is -3.09. The average Bonchev–Trinajstić information content (AvgIpc) is 2.92. The van der Waals surface area contributed by atoms with Crippen molar-refractivity contribution in [2.75, 3.05) is 6.61 Å². The van der Waals surface area contributed by atoms with Crippen LogP contribution in [0.25, 0.3) is 0 Å². The van der Waals surface area contributed by atoms with Gasteiger partial charge in [0.1, 0.15) is 18.2 Å². The number of H-pyrrole nitrogens is 1. The highest BCUT2D eigenvalue weighted by atomic mass is 32.1. The van der Waals surface area contributed by atoms with E-state index in [0.29, 0.717) is 0 Å². The van der Waals surface area contributed by atoms with Crippen molar-refractivity contribution >= 4 is 41.6 Å². The van der Waals surface area contributed by atoms with Crippen LogP contribution >= 0.6 is 35.7 Å². The van der Waals surface area contributed by atoms with Gasteiger partial charge in [-0.05, 0) is 12.2 Å². The molecule has 1 aromatic rings. The largest absolute Gasteiger partial charge is 0.490 e. The van der Waals surface area contributed by atoms with E-state index in [9.17, 15) is 38.2 Å². The lowest BCUT2D eigenvalue weighted by Gasteiger charge is -2.27. The van der Waals surface area contributed by atoms with Gasteiger partial charge in [-0.2, -0.15) is 8.62 Å². The zero-order valence-electron chi connectivity index (χ0n) is 18.3. The zero-order valence-corrected chi connectivity index (χ0v) is 21.8. The summed E-state index contributed by atoms with van der Waals surface area (Å²) in [7, 11) is -16.8. The molecule has 2 heterocycles. The molecular formula is C14H24N3O14P3S. The summed E-state index contributed by atoms with van der Waals surface area (Å²) in [5.41, 5.74) is -1.44. The van der Waals surface area contributed by atoms with Crippen LogP contribution in [0.3, 0.4) is 0 Å². The van der Waals surface area contributed by atoms with Crippen LogP contribution in [0, 0.1) is 10.2 Å². The van der Waals surface area contributed by atoms with Crippen molar-refractivity contribution in [1.29, 1.82) is 0 Å². The molecule has 21 heteroatoms. The molecule has 35 heavy (non-hydrogen) atoms. The van der Waals surface area contributed by atoms with Crippen LogP contribution in [0.1, 0.15) is 27.0 Å². The molecule has 7 N–H and O–H groups in total. The van der Waals surface area contributed by atoms with Gasteiger partial charge in [0.05, 0.1) is 6.61 Å². The molecule has 2 unspecified atom stereocenters. The molecule has 6 atom stereocenters. The second-order valence-corrected chi connectivity index (χ2v) is 13.0. The molecule has 1 amide bonds. The Bertz CT molecular complexity index is 1200. The maximum Gasteiger partial charge on any atom is 0.490 e. The molecule has 0 aromatic carbocycles. The molecule has 0 radical (unpaired) electrons. The van der Waals surface area contributed by atoms with Crippen molar-refractivity contribution in [3.8, 4) is 0 Å². The molecule has 1 saturated heterocycles. The Morgan fingerprint density at radius 1 is 1.20 bits per heavy atom. The first-order valence-electron chi connectivity index (χ1n) is 9.45. The average molecular weight is 583 g/mol. The number of aromatic amines is 1. The van der Waals surface area contributed by atoms with Crippen molar-refractivity contribution in [3.63, 3.8) is 0 Å². The Morgan fingerprint density at radius 3 is 2.31 bits per heavy atom. The Balaban J connectivity index is 2.25. The van der Waals surface area contributed by atoms with E-state index in [0.717, 1.165) is 6.07 Å². The molecule has 1 aliphatic rings. The van der Waals surface area contributed by atoms with Crippen LogP contribution in [-0.2, 0) is 36.4 Å². The van der Waals surface area contributed by atoms with Crippen molar-refractivity contribution < 1.29 is 61.1 Å². The van der Waals surface area contributed by atoms with Crippen molar-refractivity contribution in [1.82, 2.24) is 14.9 Å². The lowest BCUT2D eigenvalue weighted by atomic mass is 9.94. The van der Waals surface area contributed by atoms with Gasteiger partial charge in [0, 0.05) is 17.7 Å². The van der Waals surface area contributed by atoms with Gasteiger partial charge in [-0.25, -0.2) is 13.7 Å². The second kappa shape index (κ2) is 10.7. The Morgan fingerprint density at radius 2 is 1.80 bits per heavy atom. The molecule has 1 fully saturated rings. The minimum atomic E-state index is -5.75. The molecule has 1 aliphatic heterocycles. The van der Waals surface area contributed by atoms with Gasteiger partial charge >= 0.3 is 23.5 Å². The fourth-order valence-electron chi connectivity index (χ4n) is 2.74. The molecule has 0 bridgehead atoms. The highest BCUT2D eigenvalue weighted by molar-refractivity contribution is 7.71. The quantitative estimate of drug-likeness (QED) is 0.150. The Hall–Kier alpha value is -1.10. The summed E-state index contributed by atoms with van der Waals surface area (Å²) in [6, 6.07) is -0.123. The summed E-state index contributed by atoms with van der Waals surface area (Å²) >= 11 is 5.08. The van der Waals surface area contributed by atoms with Crippen molar-refractivity contribution in [2.24, 2.45) is 5.41 Å². The van der Waals surface area contributed by atoms with Gasteiger partial charge in [0.15, 0.2) is 11.0 Å². The van der Waals surface area contributed by atoms with E-state index < -0.39 is 71.4 Å². The van der Waals surface area contributed by atoms with Gasteiger partial charge in [0.25, 0.3) is 5.56 Å². The van der Waals surface area contributed by atoms with Gasteiger partial charge < -0.3 is 34.7 Å². The fraction of sp³-hybridized carbons (Fsp3) is 0.643. The Labute approximate surface area is 202 Å². The van der Waals surface area contributed by atoms with Gasteiger partial charge in [-0.3, -0.25) is 23.7 Å². The number of amides is 1. The van der Waals surface area contributed by atoms with E-state index in [1.165, 1.54) is 10.8 Å². The molecule has 0 saturated carbocycles. The number of hydrogen-bond acceptors (Lipinski definition) is 11. The van der Waals surface area contributed by atoms with Crippen molar-refractivity contribution in [2.45, 2.75) is 45.2 Å². The third-order valence-corrected chi connectivity index (χ3v) is 8.41. The molecule has 1 aromatic heterocycles. The predicted octanol–water partition coefficient (Wildman–Crippen LogP) is 0.0384. The van der Waals surface area contributed by atoms with Crippen LogP contribution in [0.15, 0.2) is 17.1 Å². The topological polar surface area (TPSA) is 256 Å². The lowest BCUT2D eigenvalue weighted by Crippen LogP contribution is -2.50. The van der Waals surface area contributed by atoms with E-state index in [2.05, 4.69) is 23.4 Å². The van der Waals surface area contributed by atoms with Gasteiger partial charge in [0.2, 0.25) is 5.91 Å². The SMILES string of the molecule is CC(C)(C)C(=O)N[C@@H]1[C@H](O)[C@@H](COP(=O)(O)OP(=O)(O)OP(=O)(O)O)O[C@H]1n1ccc(=O)[nH]c1=S. The predicted molar refractivity (Wildman–Crippen MR) is 117 cm³/mol. The molecular weight excluding hydrogens is 559 g/mol. The summed E-state index contributed by atoms with van der Waals surface area (Å²) in [5.74, 6) is -0.514. The van der Waals surface area contributed by atoms with Crippen LogP contribution in [0.5, 0.6) is 0 Å². The first-order chi connectivity index (χ1) is 15.7. The summed E-state index contributed by atoms with van der Waals surface area (Å²) < 4.78 is 52.6. The zero-order chi connectivity index (χ0) is 27.0. The lowest BCUT2D eigenvalue weighted by molar-refractivity contribution is -0.130. The van der Waals surface area contributed by atoms with Crippen LogP contribution < -0.4 is 10.9 Å². The molecule has 17 nitrogen and oxygen atoms in total. The van der Waals surface area contributed by atoms with Gasteiger partial charge in [-0.15, -0.1) is 0 Å². The number of hydrogen-bond donors (Lipinski definition) is 7. The third kappa shape index (κ3) is 8.76.